The first-order valence-corrected chi connectivity index (χ1v) is 7.04. The molecule has 0 amide bonds. The molecule has 0 fully saturated rings. The number of thiazole rings is 1. The van der Waals surface area contributed by atoms with Crippen molar-refractivity contribution in [3.8, 4) is 11.3 Å². The fraction of sp³-hybridized carbons (Fsp3) is 0.357. The predicted molar refractivity (Wildman–Crippen MR) is 75.6 cm³/mol. The molecule has 1 aromatic carbocycles. The standard InChI is InChI=1S/C14H18N2OS/c1-2-16(8-9-17)10-14-15-13(11-18-14)12-6-4-3-5-7-12/h3-7,11,17H,2,8-10H2,1H3. The first-order valence-electron chi connectivity index (χ1n) is 6.16. The summed E-state index contributed by atoms with van der Waals surface area (Å²) in [5, 5.41) is 12.2. The number of aliphatic hydroxyl groups is 1. The van der Waals surface area contributed by atoms with Crippen molar-refractivity contribution in [2.45, 2.75) is 13.5 Å². The molecule has 1 aromatic heterocycles. The molecule has 0 aliphatic rings. The molecule has 2 rings (SSSR count). The lowest BCUT2D eigenvalue weighted by Crippen LogP contribution is -2.25. The van der Waals surface area contributed by atoms with Gasteiger partial charge in [0.1, 0.15) is 5.01 Å². The molecule has 0 atom stereocenters. The van der Waals surface area contributed by atoms with Crippen molar-refractivity contribution >= 4 is 11.3 Å². The molecule has 0 unspecified atom stereocenters. The number of likely N-dealkylation sites (N-methyl/N-ethyl adjacent to an activating group) is 1. The second-order valence-corrected chi connectivity index (χ2v) is 5.03. The lowest BCUT2D eigenvalue weighted by Gasteiger charge is -2.16. The SMILES string of the molecule is CCN(CCO)Cc1nc(-c2ccccc2)cs1. The predicted octanol–water partition coefficient (Wildman–Crippen LogP) is 2.62. The first-order chi connectivity index (χ1) is 8.83. The summed E-state index contributed by atoms with van der Waals surface area (Å²) in [6, 6.07) is 10.2. The van der Waals surface area contributed by atoms with Gasteiger partial charge in [-0.1, -0.05) is 37.3 Å². The zero-order valence-electron chi connectivity index (χ0n) is 10.5. The van der Waals surface area contributed by atoms with E-state index in [2.05, 4.69) is 34.3 Å². The van der Waals surface area contributed by atoms with E-state index >= 15 is 0 Å². The molecule has 0 aliphatic carbocycles. The summed E-state index contributed by atoms with van der Waals surface area (Å²) < 4.78 is 0. The Labute approximate surface area is 112 Å². The van der Waals surface area contributed by atoms with Crippen molar-refractivity contribution in [3.05, 3.63) is 40.7 Å². The maximum absolute atomic E-state index is 8.97. The summed E-state index contributed by atoms with van der Waals surface area (Å²) >= 11 is 1.68. The van der Waals surface area contributed by atoms with E-state index in [1.54, 1.807) is 11.3 Å². The highest BCUT2D eigenvalue weighted by Gasteiger charge is 2.08. The molecule has 0 radical (unpaired) electrons. The van der Waals surface area contributed by atoms with E-state index in [9.17, 15) is 0 Å². The van der Waals surface area contributed by atoms with Crippen LogP contribution in [0.2, 0.25) is 0 Å². The minimum Gasteiger partial charge on any atom is -0.395 e. The fourth-order valence-electron chi connectivity index (χ4n) is 1.81. The van der Waals surface area contributed by atoms with E-state index in [0.717, 1.165) is 29.4 Å². The van der Waals surface area contributed by atoms with Crippen molar-refractivity contribution in [1.82, 2.24) is 9.88 Å². The normalized spacial score (nSPS) is 11.1. The molecule has 3 nitrogen and oxygen atoms in total. The lowest BCUT2D eigenvalue weighted by atomic mass is 10.2. The van der Waals surface area contributed by atoms with Crippen LogP contribution in [0.25, 0.3) is 11.3 Å². The molecule has 1 heterocycles. The van der Waals surface area contributed by atoms with Crippen molar-refractivity contribution in [2.75, 3.05) is 19.7 Å². The monoisotopic (exact) mass is 262 g/mol. The van der Waals surface area contributed by atoms with Crippen LogP contribution in [0, 0.1) is 0 Å². The van der Waals surface area contributed by atoms with Crippen LogP contribution in [-0.2, 0) is 6.54 Å². The molecular formula is C14H18N2OS. The number of hydrogen-bond acceptors (Lipinski definition) is 4. The van der Waals surface area contributed by atoms with Crippen LogP contribution in [0.5, 0.6) is 0 Å². The Balaban J connectivity index is 2.06. The third kappa shape index (κ3) is 3.38. The molecule has 0 bridgehead atoms. The molecule has 0 aliphatic heterocycles. The number of hydrogen-bond donors (Lipinski definition) is 1. The maximum atomic E-state index is 8.97. The average molecular weight is 262 g/mol. The second kappa shape index (κ2) is 6.64. The number of aliphatic hydroxyl groups excluding tert-OH is 1. The van der Waals surface area contributed by atoms with Gasteiger partial charge >= 0.3 is 0 Å². The fourth-order valence-corrected chi connectivity index (χ4v) is 2.65. The minimum atomic E-state index is 0.199. The number of benzene rings is 1. The molecule has 96 valence electrons. The highest BCUT2D eigenvalue weighted by Crippen LogP contribution is 2.22. The number of nitrogens with zero attached hydrogens (tertiary/aromatic N) is 2. The van der Waals surface area contributed by atoms with E-state index in [1.165, 1.54) is 0 Å². The van der Waals surface area contributed by atoms with Gasteiger partial charge in [-0.25, -0.2) is 4.98 Å². The molecule has 18 heavy (non-hydrogen) atoms. The summed E-state index contributed by atoms with van der Waals surface area (Å²) in [6.07, 6.45) is 0. The first kappa shape index (κ1) is 13.2. The average Bonchev–Trinajstić information content (AvgIpc) is 2.88. The van der Waals surface area contributed by atoms with Gasteiger partial charge in [-0.2, -0.15) is 0 Å². The van der Waals surface area contributed by atoms with Crippen LogP contribution in [0.3, 0.4) is 0 Å². The Morgan fingerprint density at radius 3 is 2.72 bits per heavy atom. The molecule has 0 saturated heterocycles. The Morgan fingerprint density at radius 1 is 1.28 bits per heavy atom. The second-order valence-electron chi connectivity index (χ2n) is 4.08. The largest absolute Gasteiger partial charge is 0.395 e. The van der Waals surface area contributed by atoms with Crippen molar-refractivity contribution < 1.29 is 5.11 Å². The maximum Gasteiger partial charge on any atom is 0.107 e. The van der Waals surface area contributed by atoms with Gasteiger partial charge < -0.3 is 5.11 Å². The highest BCUT2D eigenvalue weighted by atomic mass is 32.1. The van der Waals surface area contributed by atoms with E-state index < -0.39 is 0 Å². The van der Waals surface area contributed by atoms with E-state index in [-0.39, 0.29) is 6.61 Å². The van der Waals surface area contributed by atoms with Gasteiger partial charge in [-0.05, 0) is 6.54 Å². The Morgan fingerprint density at radius 2 is 2.06 bits per heavy atom. The third-order valence-corrected chi connectivity index (χ3v) is 3.68. The third-order valence-electron chi connectivity index (χ3n) is 2.84. The molecule has 0 saturated carbocycles. The van der Waals surface area contributed by atoms with Crippen LogP contribution in [0.15, 0.2) is 35.7 Å². The van der Waals surface area contributed by atoms with Crippen LogP contribution in [0.1, 0.15) is 11.9 Å². The summed E-state index contributed by atoms with van der Waals surface area (Å²) in [5.41, 5.74) is 2.20. The zero-order valence-corrected chi connectivity index (χ0v) is 11.4. The van der Waals surface area contributed by atoms with Gasteiger partial charge in [0.15, 0.2) is 0 Å². The van der Waals surface area contributed by atoms with Crippen molar-refractivity contribution in [2.24, 2.45) is 0 Å². The van der Waals surface area contributed by atoms with E-state index in [1.807, 2.05) is 18.2 Å². The molecule has 0 spiro atoms. The molecule has 2 aromatic rings. The van der Waals surface area contributed by atoms with Crippen molar-refractivity contribution in [1.29, 1.82) is 0 Å². The van der Waals surface area contributed by atoms with Gasteiger partial charge in [0.2, 0.25) is 0 Å². The molecule has 1 N–H and O–H groups in total. The van der Waals surface area contributed by atoms with Crippen LogP contribution in [0.4, 0.5) is 0 Å². The highest BCUT2D eigenvalue weighted by molar-refractivity contribution is 7.09. The van der Waals surface area contributed by atoms with E-state index in [0.29, 0.717) is 6.54 Å². The Hall–Kier alpha value is -1.23. The zero-order chi connectivity index (χ0) is 12.8. The molecular weight excluding hydrogens is 244 g/mol. The van der Waals surface area contributed by atoms with Gasteiger partial charge in [-0.3, -0.25) is 4.90 Å². The summed E-state index contributed by atoms with van der Waals surface area (Å²) in [4.78, 5) is 6.83. The van der Waals surface area contributed by atoms with Crippen LogP contribution >= 0.6 is 11.3 Å². The summed E-state index contributed by atoms with van der Waals surface area (Å²) in [6.45, 7) is 4.75. The smallest absolute Gasteiger partial charge is 0.107 e. The van der Waals surface area contributed by atoms with Gasteiger partial charge in [0.05, 0.1) is 18.8 Å². The molecule has 4 heteroatoms. The summed E-state index contributed by atoms with van der Waals surface area (Å²) in [7, 11) is 0. The lowest BCUT2D eigenvalue weighted by molar-refractivity contribution is 0.196. The van der Waals surface area contributed by atoms with Crippen LogP contribution in [-0.4, -0.2) is 34.7 Å². The Kier molecular flexibility index (Phi) is 4.87. The summed E-state index contributed by atoms with van der Waals surface area (Å²) in [5.74, 6) is 0. The van der Waals surface area contributed by atoms with E-state index in [4.69, 9.17) is 5.11 Å². The number of rotatable bonds is 6. The van der Waals surface area contributed by atoms with Crippen LogP contribution < -0.4 is 0 Å². The van der Waals surface area contributed by atoms with Gasteiger partial charge in [-0.15, -0.1) is 11.3 Å². The van der Waals surface area contributed by atoms with Crippen molar-refractivity contribution in [3.63, 3.8) is 0 Å². The van der Waals surface area contributed by atoms with Gasteiger partial charge in [0.25, 0.3) is 0 Å². The van der Waals surface area contributed by atoms with Gasteiger partial charge in [0, 0.05) is 17.5 Å². The quantitative estimate of drug-likeness (QED) is 0.869. The Bertz CT molecular complexity index is 470. The number of aromatic nitrogens is 1. The topological polar surface area (TPSA) is 36.4 Å². The minimum absolute atomic E-state index is 0.199.